The predicted molar refractivity (Wildman–Crippen MR) is 67.3 cm³/mol. The molecule has 0 aromatic heterocycles. The molecule has 6 heteroatoms. The lowest BCUT2D eigenvalue weighted by Gasteiger charge is -2.34. The second kappa shape index (κ2) is 5.48. The maximum absolute atomic E-state index is 12.6. The lowest BCUT2D eigenvalue weighted by Crippen LogP contribution is -2.44. The average molecular weight is 276 g/mol. The van der Waals surface area contributed by atoms with E-state index in [-0.39, 0.29) is 0 Å². The van der Waals surface area contributed by atoms with Crippen molar-refractivity contribution in [3.63, 3.8) is 0 Å². The van der Waals surface area contributed by atoms with Gasteiger partial charge in [-0.25, -0.2) is 0 Å². The zero-order chi connectivity index (χ0) is 14.8. The Labute approximate surface area is 110 Å². The van der Waals surface area contributed by atoms with Gasteiger partial charge in [0.05, 0.1) is 17.2 Å². The number of nitrogens with one attached hydrogen (secondary N) is 1. The van der Waals surface area contributed by atoms with Gasteiger partial charge in [0.1, 0.15) is 0 Å². The van der Waals surface area contributed by atoms with Gasteiger partial charge in [0.15, 0.2) is 0 Å². The van der Waals surface area contributed by atoms with E-state index < -0.39 is 23.4 Å². The number of rotatable bonds is 4. The van der Waals surface area contributed by atoms with E-state index in [1.165, 1.54) is 13.2 Å². The van der Waals surface area contributed by atoms with Gasteiger partial charge in [-0.3, -0.25) is 11.3 Å². The number of hydrogen-bond acceptors (Lipinski definition) is 3. The molecular formula is C13H19F3N2O. The standard InChI is InChI=1S/C13H19F3N2O/c1-8-7-9(13(14,15)16)5-6-10(8)11(18-17)12(2,3)19-4/h5-7,11,18H,17H2,1-4H3. The van der Waals surface area contributed by atoms with Crippen LogP contribution >= 0.6 is 0 Å². The third kappa shape index (κ3) is 3.46. The first-order valence-electron chi connectivity index (χ1n) is 5.82. The van der Waals surface area contributed by atoms with Crippen LogP contribution in [0, 0.1) is 6.92 Å². The largest absolute Gasteiger partial charge is 0.416 e. The van der Waals surface area contributed by atoms with Gasteiger partial charge in [-0.2, -0.15) is 13.2 Å². The maximum Gasteiger partial charge on any atom is 0.416 e. The van der Waals surface area contributed by atoms with Crippen molar-refractivity contribution in [3.8, 4) is 0 Å². The number of hydrazine groups is 1. The molecule has 0 heterocycles. The van der Waals surface area contributed by atoms with Crippen LogP contribution in [-0.2, 0) is 10.9 Å². The van der Waals surface area contributed by atoms with E-state index >= 15 is 0 Å². The van der Waals surface area contributed by atoms with Crippen LogP contribution in [0.3, 0.4) is 0 Å². The monoisotopic (exact) mass is 276 g/mol. The molecule has 0 fully saturated rings. The summed E-state index contributed by atoms with van der Waals surface area (Å²) >= 11 is 0. The fourth-order valence-electron chi connectivity index (χ4n) is 1.96. The van der Waals surface area contributed by atoms with E-state index in [0.717, 1.165) is 12.1 Å². The Bertz CT molecular complexity index is 444. The van der Waals surface area contributed by atoms with Gasteiger partial charge >= 0.3 is 6.18 Å². The molecule has 0 bridgehead atoms. The SMILES string of the molecule is COC(C)(C)C(NN)c1ccc(C(F)(F)F)cc1C. The number of alkyl halides is 3. The van der Waals surface area contributed by atoms with E-state index in [0.29, 0.717) is 11.1 Å². The van der Waals surface area contributed by atoms with Crippen LogP contribution in [0.25, 0.3) is 0 Å². The number of halogens is 3. The number of benzene rings is 1. The van der Waals surface area contributed by atoms with E-state index in [9.17, 15) is 13.2 Å². The van der Waals surface area contributed by atoms with Crippen molar-refractivity contribution in [2.45, 2.75) is 38.6 Å². The van der Waals surface area contributed by atoms with Crippen molar-refractivity contribution < 1.29 is 17.9 Å². The quantitative estimate of drug-likeness (QED) is 0.656. The van der Waals surface area contributed by atoms with E-state index in [1.807, 2.05) is 13.8 Å². The first-order valence-corrected chi connectivity index (χ1v) is 5.82. The Morgan fingerprint density at radius 2 is 1.84 bits per heavy atom. The Hall–Kier alpha value is -1.11. The van der Waals surface area contributed by atoms with Crippen LogP contribution in [0.4, 0.5) is 13.2 Å². The molecule has 0 saturated heterocycles. The molecule has 19 heavy (non-hydrogen) atoms. The molecule has 1 rings (SSSR count). The first-order chi connectivity index (χ1) is 8.63. The lowest BCUT2D eigenvalue weighted by atomic mass is 9.88. The summed E-state index contributed by atoms with van der Waals surface area (Å²) in [5, 5.41) is 0. The molecule has 0 amide bonds. The molecule has 0 aliphatic carbocycles. The second-order valence-electron chi connectivity index (χ2n) is 4.98. The molecule has 0 saturated carbocycles. The summed E-state index contributed by atoms with van der Waals surface area (Å²) in [6.45, 7) is 5.25. The third-order valence-corrected chi connectivity index (χ3v) is 3.30. The van der Waals surface area contributed by atoms with Crippen LogP contribution in [0.15, 0.2) is 18.2 Å². The summed E-state index contributed by atoms with van der Waals surface area (Å²) in [5.41, 5.74) is 2.50. The number of hydrogen-bond donors (Lipinski definition) is 2. The highest BCUT2D eigenvalue weighted by Gasteiger charge is 2.34. The van der Waals surface area contributed by atoms with Gasteiger partial charge in [-0.05, 0) is 44.0 Å². The molecule has 1 aromatic carbocycles. The fraction of sp³-hybridized carbons (Fsp3) is 0.538. The zero-order valence-corrected chi connectivity index (χ0v) is 11.4. The minimum Gasteiger partial charge on any atom is -0.377 e. The molecule has 1 atom stereocenters. The number of methoxy groups -OCH3 is 1. The van der Waals surface area contributed by atoms with Crippen LogP contribution in [0.1, 0.15) is 36.6 Å². The third-order valence-electron chi connectivity index (χ3n) is 3.30. The molecule has 1 aromatic rings. The fourth-order valence-corrected chi connectivity index (χ4v) is 1.96. The summed E-state index contributed by atoms with van der Waals surface area (Å²) < 4.78 is 43.2. The molecule has 0 spiro atoms. The van der Waals surface area contributed by atoms with Crippen molar-refractivity contribution in [2.75, 3.05) is 7.11 Å². The summed E-state index contributed by atoms with van der Waals surface area (Å²) in [7, 11) is 1.53. The van der Waals surface area contributed by atoms with Crippen LogP contribution in [0.2, 0.25) is 0 Å². The molecule has 3 nitrogen and oxygen atoms in total. The highest BCUT2D eigenvalue weighted by molar-refractivity contribution is 5.35. The van der Waals surface area contributed by atoms with Crippen molar-refractivity contribution in [3.05, 3.63) is 34.9 Å². The molecule has 108 valence electrons. The smallest absolute Gasteiger partial charge is 0.377 e. The Balaban J connectivity index is 3.21. The van der Waals surface area contributed by atoms with E-state index in [1.54, 1.807) is 6.92 Å². The van der Waals surface area contributed by atoms with Crippen LogP contribution in [0.5, 0.6) is 0 Å². The second-order valence-corrected chi connectivity index (χ2v) is 4.98. The predicted octanol–water partition coefficient (Wildman–Crippen LogP) is 2.94. The van der Waals surface area contributed by atoms with E-state index in [2.05, 4.69) is 5.43 Å². The van der Waals surface area contributed by atoms with Crippen molar-refractivity contribution >= 4 is 0 Å². The minimum atomic E-state index is -4.34. The lowest BCUT2D eigenvalue weighted by molar-refractivity contribution is -0.137. The molecule has 0 radical (unpaired) electrons. The van der Waals surface area contributed by atoms with Gasteiger partial charge in [0.2, 0.25) is 0 Å². The molecule has 0 aliphatic rings. The van der Waals surface area contributed by atoms with Crippen LogP contribution in [-0.4, -0.2) is 12.7 Å². The van der Waals surface area contributed by atoms with Gasteiger partial charge < -0.3 is 4.74 Å². The maximum atomic E-state index is 12.6. The van der Waals surface area contributed by atoms with Gasteiger partial charge in [0.25, 0.3) is 0 Å². The summed E-state index contributed by atoms with van der Waals surface area (Å²) in [4.78, 5) is 0. The highest BCUT2D eigenvalue weighted by atomic mass is 19.4. The summed E-state index contributed by atoms with van der Waals surface area (Å²) in [5.74, 6) is 5.51. The Morgan fingerprint density at radius 1 is 1.26 bits per heavy atom. The molecule has 3 N–H and O–H groups in total. The Kier molecular flexibility index (Phi) is 4.60. The minimum absolute atomic E-state index is 0.403. The normalized spacial score (nSPS) is 14.5. The molecule has 0 aliphatic heterocycles. The molecule has 1 unspecified atom stereocenters. The number of nitrogens with two attached hydrogens (primary N) is 1. The van der Waals surface area contributed by atoms with Gasteiger partial charge in [-0.1, -0.05) is 6.07 Å². The van der Waals surface area contributed by atoms with Crippen LogP contribution < -0.4 is 11.3 Å². The topological polar surface area (TPSA) is 47.3 Å². The summed E-state index contributed by atoms with van der Waals surface area (Å²) in [6.07, 6.45) is -4.34. The average Bonchev–Trinajstić information content (AvgIpc) is 2.30. The van der Waals surface area contributed by atoms with Gasteiger partial charge in [0, 0.05) is 7.11 Å². The zero-order valence-electron chi connectivity index (χ0n) is 11.4. The van der Waals surface area contributed by atoms with E-state index in [4.69, 9.17) is 10.6 Å². The number of aryl methyl sites for hydroxylation is 1. The van der Waals surface area contributed by atoms with Crippen molar-refractivity contribution in [1.29, 1.82) is 0 Å². The van der Waals surface area contributed by atoms with Crippen molar-refractivity contribution in [2.24, 2.45) is 5.84 Å². The van der Waals surface area contributed by atoms with Gasteiger partial charge in [-0.15, -0.1) is 0 Å². The molecular weight excluding hydrogens is 257 g/mol. The Morgan fingerprint density at radius 3 is 2.21 bits per heavy atom. The summed E-state index contributed by atoms with van der Waals surface area (Å²) in [6, 6.07) is 3.20. The highest BCUT2D eigenvalue weighted by Crippen LogP contribution is 2.34. The first kappa shape index (κ1) is 15.9. The number of ether oxygens (including phenoxy) is 1. The van der Waals surface area contributed by atoms with Crippen molar-refractivity contribution in [1.82, 2.24) is 5.43 Å².